The monoisotopic (exact) mass is 280 g/mol. The lowest BCUT2D eigenvalue weighted by molar-refractivity contribution is -0.142. The van der Waals surface area contributed by atoms with Crippen LogP contribution in [0.2, 0.25) is 5.02 Å². The molecule has 2 nitrogen and oxygen atoms in total. The van der Waals surface area contributed by atoms with Crippen LogP contribution < -0.4 is 0 Å². The van der Waals surface area contributed by atoms with Crippen LogP contribution in [0.1, 0.15) is 38.2 Å². The molecule has 0 aliphatic carbocycles. The molecule has 0 spiro atoms. The van der Waals surface area contributed by atoms with Crippen LogP contribution in [0, 0.1) is 0 Å². The zero-order chi connectivity index (χ0) is 14.1. The molecule has 0 amide bonds. The molecular formula is C16H21ClO2. The highest BCUT2D eigenvalue weighted by Gasteiger charge is 2.04. The van der Waals surface area contributed by atoms with Crippen molar-refractivity contribution in [2.75, 3.05) is 6.61 Å². The van der Waals surface area contributed by atoms with Gasteiger partial charge in [-0.2, -0.15) is 0 Å². The van der Waals surface area contributed by atoms with E-state index in [2.05, 4.69) is 18.7 Å². The van der Waals surface area contributed by atoms with Crippen LogP contribution in [0.15, 0.2) is 36.4 Å². The quantitative estimate of drug-likeness (QED) is 0.396. The van der Waals surface area contributed by atoms with Crippen molar-refractivity contribution in [3.05, 3.63) is 47.0 Å². The van der Waals surface area contributed by atoms with E-state index in [-0.39, 0.29) is 5.97 Å². The summed E-state index contributed by atoms with van der Waals surface area (Å²) in [6, 6.07) is 7.93. The van der Waals surface area contributed by atoms with Crippen LogP contribution >= 0.6 is 11.6 Å². The van der Waals surface area contributed by atoms with E-state index in [1.807, 2.05) is 19.1 Å². The highest BCUT2D eigenvalue weighted by molar-refractivity contribution is 6.30. The standard InChI is InChI=1S/C16H21ClO2/c1-3-19-16(18)12-13(2)6-4-5-7-14-8-10-15(17)11-9-14/h8-11H,2-7,12H2,1H3. The van der Waals surface area contributed by atoms with E-state index in [0.717, 1.165) is 36.3 Å². The summed E-state index contributed by atoms with van der Waals surface area (Å²) >= 11 is 5.83. The van der Waals surface area contributed by atoms with Gasteiger partial charge in [0.2, 0.25) is 0 Å². The molecule has 0 saturated carbocycles. The second-order valence-electron chi connectivity index (χ2n) is 4.57. The number of unbranched alkanes of at least 4 members (excludes halogenated alkanes) is 1. The number of carbonyl (C=O) groups is 1. The van der Waals surface area contributed by atoms with Crippen LogP contribution in [-0.2, 0) is 16.0 Å². The lowest BCUT2D eigenvalue weighted by atomic mass is 10.0. The van der Waals surface area contributed by atoms with Crippen molar-refractivity contribution >= 4 is 17.6 Å². The van der Waals surface area contributed by atoms with Gasteiger partial charge in [0.1, 0.15) is 0 Å². The first-order chi connectivity index (χ1) is 9.11. The molecule has 0 N–H and O–H groups in total. The summed E-state index contributed by atoms with van der Waals surface area (Å²) < 4.78 is 4.89. The molecule has 0 aromatic heterocycles. The first-order valence-corrected chi connectivity index (χ1v) is 7.06. The highest BCUT2D eigenvalue weighted by Crippen LogP contribution is 2.14. The second-order valence-corrected chi connectivity index (χ2v) is 5.00. The number of hydrogen-bond donors (Lipinski definition) is 0. The van der Waals surface area contributed by atoms with E-state index in [4.69, 9.17) is 16.3 Å². The van der Waals surface area contributed by atoms with Crippen LogP contribution in [0.5, 0.6) is 0 Å². The third-order valence-electron chi connectivity index (χ3n) is 2.86. The smallest absolute Gasteiger partial charge is 0.309 e. The number of ether oxygens (including phenoxy) is 1. The summed E-state index contributed by atoms with van der Waals surface area (Å²) in [5.41, 5.74) is 2.25. The zero-order valence-electron chi connectivity index (χ0n) is 11.5. The van der Waals surface area contributed by atoms with E-state index in [1.54, 1.807) is 0 Å². The molecule has 1 aromatic rings. The van der Waals surface area contributed by atoms with Crippen molar-refractivity contribution in [1.82, 2.24) is 0 Å². The van der Waals surface area contributed by atoms with E-state index >= 15 is 0 Å². The Morgan fingerprint density at radius 3 is 2.58 bits per heavy atom. The number of carbonyl (C=O) groups excluding carboxylic acids is 1. The summed E-state index contributed by atoms with van der Waals surface area (Å²) in [7, 11) is 0. The molecule has 0 aliphatic rings. The molecule has 3 heteroatoms. The Labute approximate surface area is 120 Å². The van der Waals surface area contributed by atoms with E-state index < -0.39 is 0 Å². The Balaban J connectivity index is 2.15. The third kappa shape index (κ3) is 7.02. The largest absolute Gasteiger partial charge is 0.466 e. The first-order valence-electron chi connectivity index (χ1n) is 6.68. The van der Waals surface area contributed by atoms with Gasteiger partial charge < -0.3 is 4.74 Å². The molecular weight excluding hydrogens is 260 g/mol. The van der Waals surface area contributed by atoms with Crippen molar-refractivity contribution in [3.63, 3.8) is 0 Å². The highest BCUT2D eigenvalue weighted by atomic mass is 35.5. The SMILES string of the molecule is C=C(CCCCc1ccc(Cl)cc1)CC(=O)OCC. The molecule has 1 rings (SSSR count). The number of halogens is 1. The fourth-order valence-electron chi connectivity index (χ4n) is 1.86. The van der Waals surface area contributed by atoms with Gasteiger partial charge in [0, 0.05) is 5.02 Å². The van der Waals surface area contributed by atoms with Crippen LogP contribution in [0.4, 0.5) is 0 Å². The summed E-state index contributed by atoms with van der Waals surface area (Å²) in [5, 5.41) is 0.770. The minimum absolute atomic E-state index is 0.176. The first kappa shape index (κ1) is 15.8. The van der Waals surface area contributed by atoms with Gasteiger partial charge in [-0.1, -0.05) is 35.9 Å². The van der Waals surface area contributed by atoms with Crippen molar-refractivity contribution < 1.29 is 9.53 Å². The maximum atomic E-state index is 11.2. The van der Waals surface area contributed by atoms with Crippen LogP contribution in [0.3, 0.4) is 0 Å². The Morgan fingerprint density at radius 2 is 1.95 bits per heavy atom. The lowest BCUT2D eigenvalue weighted by Gasteiger charge is -2.06. The summed E-state index contributed by atoms with van der Waals surface area (Å²) in [5.74, 6) is -0.176. The predicted octanol–water partition coefficient (Wildman–Crippen LogP) is 4.56. The van der Waals surface area contributed by atoms with Crippen molar-refractivity contribution in [3.8, 4) is 0 Å². The number of esters is 1. The Morgan fingerprint density at radius 1 is 1.26 bits per heavy atom. The Hall–Kier alpha value is -1.28. The molecule has 0 fully saturated rings. The average molecular weight is 281 g/mol. The van der Waals surface area contributed by atoms with Gasteiger partial charge in [-0.3, -0.25) is 4.79 Å². The van der Waals surface area contributed by atoms with Gasteiger partial charge in [-0.25, -0.2) is 0 Å². The molecule has 0 radical (unpaired) electrons. The van der Waals surface area contributed by atoms with Gasteiger partial charge >= 0.3 is 5.97 Å². The maximum Gasteiger partial charge on any atom is 0.309 e. The summed E-state index contributed by atoms with van der Waals surface area (Å²) in [4.78, 5) is 11.2. The van der Waals surface area contributed by atoms with Crippen molar-refractivity contribution in [2.24, 2.45) is 0 Å². The number of benzene rings is 1. The van der Waals surface area contributed by atoms with Gasteiger partial charge in [-0.15, -0.1) is 0 Å². The topological polar surface area (TPSA) is 26.3 Å². The maximum absolute atomic E-state index is 11.2. The van der Waals surface area contributed by atoms with Gasteiger partial charge in [0.05, 0.1) is 13.0 Å². The molecule has 0 heterocycles. The lowest BCUT2D eigenvalue weighted by Crippen LogP contribution is -2.04. The van der Waals surface area contributed by atoms with Crippen LogP contribution in [-0.4, -0.2) is 12.6 Å². The number of rotatable bonds is 8. The van der Waals surface area contributed by atoms with Crippen LogP contribution in [0.25, 0.3) is 0 Å². The molecule has 104 valence electrons. The summed E-state index contributed by atoms with van der Waals surface area (Å²) in [6.45, 7) is 6.16. The normalized spacial score (nSPS) is 10.2. The number of hydrogen-bond acceptors (Lipinski definition) is 2. The predicted molar refractivity (Wildman–Crippen MR) is 79.4 cm³/mol. The van der Waals surface area contributed by atoms with E-state index in [1.165, 1.54) is 5.56 Å². The van der Waals surface area contributed by atoms with Gasteiger partial charge in [0.25, 0.3) is 0 Å². The Bertz CT molecular complexity index is 409. The third-order valence-corrected chi connectivity index (χ3v) is 3.11. The molecule has 0 unspecified atom stereocenters. The fourth-order valence-corrected chi connectivity index (χ4v) is 1.99. The van der Waals surface area contributed by atoms with Crippen molar-refractivity contribution in [1.29, 1.82) is 0 Å². The molecule has 19 heavy (non-hydrogen) atoms. The fraction of sp³-hybridized carbons (Fsp3) is 0.438. The summed E-state index contributed by atoms with van der Waals surface area (Å²) in [6.07, 6.45) is 4.38. The average Bonchev–Trinajstić information content (AvgIpc) is 2.37. The van der Waals surface area contributed by atoms with Gasteiger partial charge in [-0.05, 0) is 50.3 Å². The molecule has 0 aliphatic heterocycles. The molecule has 0 saturated heterocycles. The molecule has 0 atom stereocenters. The number of aryl methyl sites for hydroxylation is 1. The van der Waals surface area contributed by atoms with E-state index in [9.17, 15) is 4.79 Å². The molecule has 0 bridgehead atoms. The molecule has 1 aromatic carbocycles. The van der Waals surface area contributed by atoms with E-state index in [0.29, 0.717) is 13.0 Å². The second kappa shape index (κ2) is 8.76. The minimum atomic E-state index is -0.176. The Kier molecular flexibility index (Phi) is 7.27. The zero-order valence-corrected chi connectivity index (χ0v) is 12.2. The minimum Gasteiger partial charge on any atom is -0.466 e. The van der Waals surface area contributed by atoms with Gasteiger partial charge in [0.15, 0.2) is 0 Å². The van der Waals surface area contributed by atoms with Crippen molar-refractivity contribution in [2.45, 2.75) is 39.0 Å².